The van der Waals surface area contributed by atoms with Crippen LogP contribution in [-0.4, -0.2) is 35.1 Å². The average molecular weight is 414 g/mol. The van der Waals surface area contributed by atoms with Crippen molar-refractivity contribution in [3.8, 4) is 0 Å². The number of nitro benzene ring substituents is 1. The molecule has 0 atom stereocenters. The number of nitrogens with zero attached hydrogens (tertiary/aromatic N) is 2. The van der Waals surface area contributed by atoms with Crippen LogP contribution in [0.15, 0.2) is 47.4 Å². The van der Waals surface area contributed by atoms with E-state index in [-0.39, 0.29) is 11.3 Å². The lowest BCUT2D eigenvalue weighted by Crippen LogP contribution is -2.33. The van der Waals surface area contributed by atoms with Gasteiger partial charge in [-0.15, -0.1) is 11.8 Å². The third-order valence-electron chi connectivity index (χ3n) is 5.47. The lowest BCUT2D eigenvalue weighted by atomic mass is 9.98. The molecule has 1 heterocycles. The maximum Gasteiger partial charge on any atom is 0.282 e. The molecule has 7 heteroatoms. The van der Waals surface area contributed by atoms with Crippen LogP contribution in [0.4, 0.5) is 5.69 Å². The highest BCUT2D eigenvalue weighted by Crippen LogP contribution is 2.25. The van der Waals surface area contributed by atoms with Gasteiger partial charge in [-0.25, -0.2) is 0 Å². The predicted molar refractivity (Wildman–Crippen MR) is 116 cm³/mol. The largest absolute Gasteiger partial charge is 0.348 e. The van der Waals surface area contributed by atoms with E-state index in [0.29, 0.717) is 6.54 Å². The smallest absolute Gasteiger partial charge is 0.282 e. The molecule has 0 aromatic heterocycles. The molecule has 2 aromatic carbocycles. The maximum absolute atomic E-state index is 12.7. The first-order valence-electron chi connectivity index (χ1n) is 9.87. The molecule has 0 aliphatic carbocycles. The molecule has 1 aliphatic rings. The number of rotatable bonds is 7. The van der Waals surface area contributed by atoms with Gasteiger partial charge in [-0.05, 0) is 61.4 Å². The Morgan fingerprint density at radius 1 is 1.21 bits per heavy atom. The summed E-state index contributed by atoms with van der Waals surface area (Å²) in [5, 5.41) is 14.2. The first-order valence-corrected chi connectivity index (χ1v) is 11.1. The summed E-state index contributed by atoms with van der Waals surface area (Å²) in [6.45, 7) is 5.69. The fourth-order valence-electron chi connectivity index (χ4n) is 3.60. The average Bonchev–Trinajstić information content (AvgIpc) is 2.74. The van der Waals surface area contributed by atoms with Crippen LogP contribution in [0.5, 0.6) is 0 Å². The van der Waals surface area contributed by atoms with E-state index in [1.807, 2.05) is 24.5 Å². The van der Waals surface area contributed by atoms with E-state index in [1.165, 1.54) is 36.2 Å². The van der Waals surface area contributed by atoms with Gasteiger partial charge < -0.3 is 5.32 Å². The zero-order valence-electron chi connectivity index (χ0n) is 16.9. The summed E-state index contributed by atoms with van der Waals surface area (Å²) >= 11 is 1.45. The van der Waals surface area contributed by atoms with E-state index in [9.17, 15) is 14.9 Å². The van der Waals surface area contributed by atoms with Crippen LogP contribution in [0, 0.1) is 16.0 Å². The molecule has 154 valence electrons. The van der Waals surface area contributed by atoms with E-state index in [2.05, 4.69) is 23.2 Å². The van der Waals surface area contributed by atoms with Crippen molar-refractivity contribution in [3.05, 3.63) is 69.3 Å². The standard InChI is InChI=1S/C22H27N3O3S/c1-16-9-11-24(12-10-16)15-18-6-4-3-5-17(18)14-23-22(26)20-13-19(29-2)7-8-21(20)25(27)28/h3-8,13,16H,9-12,14-15H2,1-2H3,(H,23,26). The SMILES string of the molecule is CSc1ccc([N+](=O)[O-])c(C(=O)NCc2ccccc2CN2CCC(C)CC2)c1. The second-order valence-electron chi connectivity index (χ2n) is 7.55. The fraction of sp³-hybridized carbons (Fsp3) is 0.409. The summed E-state index contributed by atoms with van der Waals surface area (Å²) < 4.78 is 0. The van der Waals surface area contributed by atoms with Crippen molar-refractivity contribution >= 4 is 23.4 Å². The highest BCUT2D eigenvalue weighted by molar-refractivity contribution is 7.98. The maximum atomic E-state index is 12.7. The number of hydrogen-bond donors (Lipinski definition) is 1. The van der Waals surface area contributed by atoms with Gasteiger partial charge >= 0.3 is 0 Å². The molecule has 1 saturated heterocycles. The molecule has 6 nitrogen and oxygen atoms in total. The molecule has 0 unspecified atom stereocenters. The Labute approximate surface area is 175 Å². The van der Waals surface area contributed by atoms with E-state index in [0.717, 1.165) is 36.0 Å². The molecule has 1 N–H and O–H groups in total. The first kappa shape index (κ1) is 21.3. The number of carbonyl (C=O) groups is 1. The Hall–Kier alpha value is -2.38. The second-order valence-corrected chi connectivity index (χ2v) is 8.43. The van der Waals surface area contributed by atoms with Crippen LogP contribution in [-0.2, 0) is 13.1 Å². The summed E-state index contributed by atoms with van der Waals surface area (Å²) in [5.41, 5.74) is 2.17. The lowest BCUT2D eigenvalue weighted by molar-refractivity contribution is -0.385. The van der Waals surface area contributed by atoms with Gasteiger partial charge in [0.25, 0.3) is 11.6 Å². The van der Waals surface area contributed by atoms with Crippen molar-refractivity contribution in [1.29, 1.82) is 0 Å². The third-order valence-corrected chi connectivity index (χ3v) is 6.20. The van der Waals surface area contributed by atoms with Crippen molar-refractivity contribution in [2.24, 2.45) is 5.92 Å². The Kier molecular flexibility index (Phi) is 7.28. The van der Waals surface area contributed by atoms with Crippen LogP contribution in [0.1, 0.15) is 41.3 Å². The number of benzene rings is 2. The minimum atomic E-state index is -0.510. The first-order chi connectivity index (χ1) is 14.0. The van der Waals surface area contributed by atoms with E-state index >= 15 is 0 Å². The Balaban J connectivity index is 1.70. The number of nitro groups is 1. The van der Waals surface area contributed by atoms with Gasteiger partial charge in [-0.3, -0.25) is 19.8 Å². The summed E-state index contributed by atoms with van der Waals surface area (Å²) in [7, 11) is 0. The molecule has 29 heavy (non-hydrogen) atoms. The van der Waals surface area contributed by atoms with Gasteiger partial charge in [-0.2, -0.15) is 0 Å². The number of carbonyl (C=O) groups excluding carboxylic acids is 1. The molecular formula is C22H27N3O3S. The highest BCUT2D eigenvalue weighted by atomic mass is 32.2. The topological polar surface area (TPSA) is 75.5 Å². The van der Waals surface area contributed by atoms with Gasteiger partial charge in [0.2, 0.25) is 0 Å². The number of hydrogen-bond acceptors (Lipinski definition) is 5. The summed E-state index contributed by atoms with van der Waals surface area (Å²) in [6, 6.07) is 12.7. The number of piperidine rings is 1. The molecule has 1 fully saturated rings. The zero-order chi connectivity index (χ0) is 20.8. The number of thioether (sulfide) groups is 1. The minimum Gasteiger partial charge on any atom is -0.348 e. The van der Waals surface area contributed by atoms with Gasteiger partial charge in [0.05, 0.1) is 4.92 Å². The number of likely N-dealkylation sites (tertiary alicyclic amines) is 1. The van der Waals surface area contributed by atoms with Gasteiger partial charge in [0, 0.05) is 24.1 Å². The molecular weight excluding hydrogens is 386 g/mol. The van der Waals surface area contributed by atoms with Crippen LogP contribution in [0.25, 0.3) is 0 Å². The van der Waals surface area contributed by atoms with Crippen LogP contribution in [0.2, 0.25) is 0 Å². The number of nitrogens with one attached hydrogen (secondary N) is 1. The van der Waals surface area contributed by atoms with Gasteiger partial charge in [0.1, 0.15) is 5.56 Å². The lowest BCUT2D eigenvalue weighted by Gasteiger charge is -2.30. The highest BCUT2D eigenvalue weighted by Gasteiger charge is 2.21. The van der Waals surface area contributed by atoms with Crippen LogP contribution >= 0.6 is 11.8 Å². The third kappa shape index (κ3) is 5.58. The van der Waals surface area contributed by atoms with Gasteiger partial charge in [-0.1, -0.05) is 31.2 Å². The summed E-state index contributed by atoms with van der Waals surface area (Å²) in [4.78, 5) is 26.8. The normalized spacial score (nSPS) is 15.2. The molecule has 0 radical (unpaired) electrons. The van der Waals surface area contributed by atoms with E-state index in [1.54, 1.807) is 12.1 Å². The van der Waals surface area contributed by atoms with Crippen molar-refractivity contribution in [2.75, 3.05) is 19.3 Å². The van der Waals surface area contributed by atoms with Crippen molar-refractivity contribution in [1.82, 2.24) is 10.2 Å². The fourth-order valence-corrected chi connectivity index (χ4v) is 4.04. The molecule has 3 rings (SSSR count). The summed E-state index contributed by atoms with van der Waals surface area (Å²) in [6.07, 6.45) is 4.31. The van der Waals surface area contributed by atoms with Crippen molar-refractivity contribution in [3.63, 3.8) is 0 Å². The van der Waals surface area contributed by atoms with E-state index in [4.69, 9.17) is 0 Å². The molecule has 2 aromatic rings. The molecule has 0 spiro atoms. The van der Waals surface area contributed by atoms with Gasteiger partial charge in [0.15, 0.2) is 0 Å². The van der Waals surface area contributed by atoms with Crippen LogP contribution in [0.3, 0.4) is 0 Å². The van der Waals surface area contributed by atoms with Crippen molar-refractivity contribution < 1.29 is 9.72 Å². The predicted octanol–water partition coefficient (Wildman–Crippen LogP) is 4.48. The Morgan fingerprint density at radius 3 is 2.55 bits per heavy atom. The van der Waals surface area contributed by atoms with Crippen LogP contribution < -0.4 is 5.32 Å². The second kappa shape index (κ2) is 9.89. The number of amides is 1. The quantitative estimate of drug-likeness (QED) is 0.411. The minimum absolute atomic E-state index is 0.101. The molecule has 1 aliphatic heterocycles. The Bertz CT molecular complexity index is 879. The van der Waals surface area contributed by atoms with Crippen molar-refractivity contribution in [2.45, 2.75) is 37.8 Å². The van der Waals surface area contributed by atoms with E-state index < -0.39 is 10.8 Å². The molecule has 0 bridgehead atoms. The Morgan fingerprint density at radius 2 is 1.90 bits per heavy atom. The summed E-state index contributed by atoms with van der Waals surface area (Å²) in [5.74, 6) is 0.364. The zero-order valence-corrected chi connectivity index (χ0v) is 17.7. The monoisotopic (exact) mass is 413 g/mol. The molecule has 0 saturated carbocycles. The molecule has 1 amide bonds.